The van der Waals surface area contributed by atoms with Crippen molar-refractivity contribution in [2.24, 2.45) is 5.92 Å². The van der Waals surface area contributed by atoms with E-state index in [2.05, 4.69) is 5.32 Å². The number of aryl methyl sites for hydroxylation is 1. The van der Waals surface area contributed by atoms with Crippen LogP contribution < -0.4 is 5.32 Å². The number of benzene rings is 2. The molecule has 0 atom stereocenters. The highest BCUT2D eigenvalue weighted by atomic mass is 35.5. The molecule has 142 valence electrons. The Morgan fingerprint density at radius 3 is 2.30 bits per heavy atom. The second kappa shape index (κ2) is 9.56. The molecule has 2 amide bonds. The molecule has 0 saturated carbocycles. The topological polar surface area (TPSA) is 49.4 Å². The van der Waals surface area contributed by atoms with Crippen molar-refractivity contribution in [3.63, 3.8) is 0 Å². The van der Waals surface area contributed by atoms with E-state index in [1.54, 1.807) is 0 Å². The fraction of sp³-hybridized carbons (Fsp3) is 0.364. The third kappa shape index (κ3) is 5.83. The van der Waals surface area contributed by atoms with Crippen LogP contribution in [0.1, 0.15) is 30.4 Å². The number of nitrogens with zero attached hydrogens (tertiary/aromatic N) is 1. The lowest BCUT2D eigenvalue weighted by Gasteiger charge is -2.31. The Kier molecular flexibility index (Phi) is 6.88. The minimum atomic E-state index is -0.0181. The number of halogens is 1. The van der Waals surface area contributed by atoms with E-state index in [4.69, 9.17) is 11.6 Å². The Bertz CT molecular complexity index is 754. The van der Waals surface area contributed by atoms with Gasteiger partial charge in [-0.25, -0.2) is 0 Å². The number of piperidine rings is 1. The van der Waals surface area contributed by atoms with Crippen LogP contribution in [0.5, 0.6) is 0 Å². The van der Waals surface area contributed by atoms with E-state index in [1.807, 2.05) is 59.5 Å². The highest BCUT2D eigenvalue weighted by Crippen LogP contribution is 2.19. The molecule has 0 spiro atoms. The van der Waals surface area contributed by atoms with Gasteiger partial charge >= 0.3 is 0 Å². The smallest absolute Gasteiger partial charge is 0.223 e. The lowest BCUT2D eigenvalue weighted by atomic mass is 9.95. The van der Waals surface area contributed by atoms with Gasteiger partial charge in [-0.1, -0.05) is 54.1 Å². The van der Waals surface area contributed by atoms with E-state index in [-0.39, 0.29) is 17.7 Å². The molecule has 1 N–H and O–H groups in total. The Morgan fingerprint density at radius 2 is 1.63 bits per heavy atom. The summed E-state index contributed by atoms with van der Waals surface area (Å²) in [6.45, 7) is 1.82. The summed E-state index contributed by atoms with van der Waals surface area (Å²) in [5, 5.41) is 3.68. The van der Waals surface area contributed by atoms with Crippen LogP contribution in [0.15, 0.2) is 54.6 Å². The predicted molar refractivity (Wildman–Crippen MR) is 107 cm³/mol. The van der Waals surface area contributed by atoms with Crippen LogP contribution in [0.3, 0.4) is 0 Å². The minimum Gasteiger partial charge on any atom is -0.352 e. The molecular weight excluding hydrogens is 360 g/mol. The zero-order valence-electron chi connectivity index (χ0n) is 15.4. The quantitative estimate of drug-likeness (QED) is 0.822. The normalized spacial score (nSPS) is 14.8. The van der Waals surface area contributed by atoms with E-state index in [0.717, 1.165) is 24.8 Å². The van der Waals surface area contributed by atoms with Gasteiger partial charge in [0, 0.05) is 37.0 Å². The first-order chi connectivity index (χ1) is 13.1. The number of amides is 2. The molecule has 0 bridgehead atoms. The summed E-state index contributed by atoms with van der Waals surface area (Å²) < 4.78 is 0. The maximum Gasteiger partial charge on any atom is 0.223 e. The number of hydrogen-bond acceptors (Lipinski definition) is 2. The van der Waals surface area contributed by atoms with Gasteiger partial charge in [0.15, 0.2) is 0 Å². The summed E-state index contributed by atoms with van der Waals surface area (Å²) in [5.41, 5.74) is 2.21. The molecule has 2 aromatic carbocycles. The first-order valence-corrected chi connectivity index (χ1v) is 9.83. The van der Waals surface area contributed by atoms with Gasteiger partial charge in [0.25, 0.3) is 0 Å². The summed E-state index contributed by atoms with van der Waals surface area (Å²) in [4.78, 5) is 26.7. The van der Waals surface area contributed by atoms with Gasteiger partial charge in [-0.05, 0) is 42.5 Å². The first kappa shape index (κ1) is 19.4. The van der Waals surface area contributed by atoms with Gasteiger partial charge in [-0.15, -0.1) is 0 Å². The summed E-state index contributed by atoms with van der Waals surface area (Å²) in [5.74, 6) is 0.232. The number of rotatable bonds is 6. The fourth-order valence-electron chi connectivity index (χ4n) is 3.38. The SMILES string of the molecule is O=C(NCc1ccc(Cl)cc1)C1CCN(C(=O)CCc2ccccc2)CC1. The number of carbonyl (C=O) groups is 2. The summed E-state index contributed by atoms with van der Waals surface area (Å²) >= 11 is 5.87. The highest BCUT2D eigenvalue weighted by molar-refractivity contribution is 6.30. The number of likely N-dealkylation sites (tertiary alicyclic amines) is 1. The lowest BCUT2D eigenvalue weighted by molar-refractivity contribution is -0.135. The van der Waals surface area contributed by atoms with Crippen LogP contribution in [0.2, 0.25) is 5.02 Å². The molecule has 0 radical (unpaired) electrons. The maximum absolute atomic E-state index is 12.4. The van der Waals surface area contributed by atoms with Gasteiger partial charge in [0.2, 0.25) is 11.8 Å². The van der Waals surface area contributed by atoms with Crippen LogP contribution in [-0.4, -0.2) is 29.8 Å². The number of hydrogen-bond donors (Lipinski definition) is 1. The zero-order chi connectivity index (χ0) is 19.1. The van der Waals surface area contributed by atoms with Gasteiger partial charge in [0.1, 0.15) is 0 Å². The molecule has 1 aliphatic rings. The molecule has 1 fully saturated rings. The van der Waals surface area contributed by atoms with Crippen molar-refractivity contribution in [2.45, 2.75) is 32.2 Å². The molecule has 2 aromatic rings. The van der Waals surface area contributed by atoms with Crippen molar-refractivity contribution in [2.75, 3.05) is 13.1 Å². The van der Waals surface area contributed by atoms with Gasteiger partial charge in [-0.2, -0.15) is 0 Å². The zero-order valence-corrected chi connectivity index (χ0v) is 16.1. The maximum atomic E-state index is 12.4. The largest absolute Gasteiger partial charge is 0.352 e. The molecule has 0 unspecified atom stereocenters. The molecule has 1 heterocycles. The van der Waals surface area contributed by atoms with E-state index in [1.165, 1.54) is 5.56 Å². The van der Waals surface area contributed by atoms with E-state index >= 15 is 0 Å². The summed E-state index contributed by atoms with van der Waals surface area (Å²) in [6, 6.07) is 17.5. The third-order valence-electron chi connectivity index (χ3n) is 5.07. The second-order valence-electron chi connectivity index (χ2n) is 6.98. The van der Waals surface area contributed by atoms with E-state index < -0.39 is 0 Å². The van der Waals surface area contributed by atoms with E-state index in [0.29, 0.717) is 31.1 Å². The summed E-state index contributed by atoms with van der Waals surface area (Å²) in [6.07, 6.45) is 2.74. The van der Waals surface area contributed by atoms with Crippen molar-refractivity contribution in [1.29, 1.82) is 0 Å². The summed E-state index contributed by atoms with van der Waals surface area (Å²) in [7, 11) is 0. The minimum absolute atomic E-state index is 0.0181. The van der Waals surface area contributed by atoms with Crippen LogP contribution in [0.4, 0.5) is 0 Å². The average molecular weight is 385 g/mol. The number of nitrogens with one attached hydrogen (secondary N) is 1. The molecule has 0 aliphatic carbocycles. The Labute approximate surface area is 165 Å². The van der Waals surface area contributed by atoms with Crippen molar-refractivity contribution < 1.29 is 9.59 Å². The average Bonchev–Trinajstić information content (AvgIpc) is 2.72. The van der Waals surface area contributed by atoms with Crippen molar-refractivity contribution in [3.8, 4) is 0 Å². The third-order valence-corrected chi connectivity index (χ3v) is 5.32. The lowest BCUT2D eigenvalue weighted by Crippen LogP contribution is -2.43. The van der Waals surface area contributed by atoms with Crippen LogP contribution in [0.25, 0.3) is 0 Å². The van der Waals surface area contributed by atoms with Crippen LogP contribution >= 0.6 is 11.6 Å². The Morgan fingerprint density at radius 1 is 0.963 bits per heavy atom. The van der Waals surface area contributed by atoms with Gasteiger partial charge in [0.05, 0.1) is 0 Å². The molecule has 1 aliphatic heterocycles. The fourth-order valence-corrected chi connectivity index (χ4v) is 3.51. The monoisotopic (exact) mass is 384 g/mol. The second-order valence-corrected chi connectivity index (χ2v) is 7.42. The predicted octanol–water partition coefficient (Wildman–Crippen LogP) is 3.83. The van der Waals surface area contributed by atoms with Crippen LogP contribution in [0, 0.1) is 5.92 Å². The molecule has 3 rings (SSSR count). The highest BCUT2D eigenvalue weighted by Gasteiger charge is 2.26. The van der Waals surface area contributed by atoms with E-state index in [9.17, 15) is 9.59 Å². The Hall–Kier alpha value is -2.33. The van der Waals surface area contributed by atoms with Gasteiger partial charge in [-0.3, -0.25) is 9.59 Å². The van der Waals surface area contributed by atoms with Gasteiger partial charge < -0.3 is 10.2 Å². The van der Waals surface area contributed by atoms with Crippen LogP contribution in [-0.2, 0) is 22.6 Å². The van der Waals surface area contributed by atoms with Crippen molar-refractivity contribution >= 4 is 23.4 Å². The standard InChI is InChI=1S/C22H25ClN2O2/c23-20-9-6-18(7-10-20)16-24-22(27)19-12-14-25(15-13-19)21(26)11-8-17-4-2-1-3-5-17/h1-7,9-10,19H,8,11-16H2,(H,24,27). The first-order valence-electron chi connectivity index (χ1n) is 9.45. The molecular formula is C22H25ClN2O2. The molecule has 27 heavy (non-hydrogen) atoms. The molecule has 1 saturated heterocycles. The molecule has 4 nitrogen and oxygen atoms in total. The number of carbonyl (C=O) groups excluding carboxylic acids is 2. The molecule has 5 heteroatoms. The molecule has 0 aromatic heterocycles. The van der Waals surface area contributed by atoms with Crippen molar-refractivity contribution in [1.82, 2.24) is 10.2 Å². The van der Waals surface area contributed by atoms with Crippen molar-refractivity contribution in [3.05, 3.63) is 70.7 Å². The Balaban J connectivity index is 1.39.